The molecule has 3 rings (SSSR count). The minimum atomic E-state index is -0.504. The zero-order chi connectivity index (χ0) is 20.3. The maximum absolute atomic E-state index is 13.0. The molecular formula is C22H23ClN2O3. The first-order chi connectivity index (χ1) is 13.3. The lowest BCUT2D eigenvalue weighted by molar-refractivity contribution is -0.127. The van der Waals surface area contributed by atoms with Crippen LogP contribution in [0.5, 0.6) is 5.75 Å². The van der Waals surface area contributed by atoms with Gasteiger partial charge in [0.25, 0.3) is 0 Å². The van der Waals surface area contributed by atoms with Crippen LogP contribution in [0.4, 0.5) is 5.69 Å². The molecule has 1 saturated heterocycles. The molecule has 0 saturated carbocycles. The fourth-order valence-corrected chi connectivity index (χ4v) is 3.56. The summed E-state index contributed by atoms with van der Waals surface area (Å²) in [6, 6.07) is 14.1. The second-order valence-electron chi connectivity index (χ2n) is 7.08. The Morgan fingerprint density at radius 2 is 2.04 bits per heavy atom. The number of benzene rings is 2. The van der Waals surface area contributed by atoms with Gasteiger partial charge in [0.15, 0.2) is 0 Å². The fraction of sp³-hybridized carbons (Fsp3) is 0.273. The van der Waals surface area contributed by atoms with Crippen LogP contribution in [-0.2, 0) is 9.59 Å². The molecule has 1 N–H and O–H groups in total. The highest BCUT2D eigenvalue weighted by Crippen LogP contribution is 2.38. The van der Waals surface area contributed by atoms with Gasteiger partial charge in [0.1, 0.15) is 12.4 Å². The van der Waals surface area contributed by atoms with Crippen molar-refractivity contribution in [2.45, 2.75) is 19.4 Å². The minimum absolute atomic E-state index is 0.0660. The second kappa shape index (κ2) is 8.48. The van der Waals surface area contributed by atoms with Gasteiger partial charge in [-0.05, 0) is 42.3 Å². The highest BCUT2D eigenvalue weighted by atomic mass is 35.5. The normalized spacial score (nSPS) is 18.8. The van der Waals surface area contributed by atoms with Gasteiger partial charge in [-0.2, -0.15) is 0 Å². The number of likely N-dealkylation sites (tertiary alicyclic amines) is 1. The van der Waals surface area contributed by atoms with E-state index in [1.165, 1.54) is 0 Å². The average molecular weight is 399 g/mol. The monoisotopic (exact) mass is 398 g/mol. The van der Waals surface area contributed by atoms with Crippen LogP contribution in [-0.4, -0.2) is 30.4 Å². The Bertz CT molecular complexity index is 912. The molecule has 2 aromatic carbocycles. The first-order valence-corrected chi connectivity index (χ1v) is 9.42. The van der Waals surface area contributed by atoms with E-state index < -0.39 is 5.92 Å². The van der Waals surface area contributed by atoms with Crippen molar-refractivity contribution >= 4 is 29.1 Å². The predicted octanol–water partition coefficient (Wildman–Crippen LogP) is 4.45. The zero-order valence-corrected chi connectivity index (χ0v) is 16.7. The van der Waals surface area contributed by atoms with E-state index in [0.29, 0.717) is 23.1 Å². The highest BCUT2D eigenvalue weighted by molar-refractivity contribution is 6.30. The van der Waals surface area contributed by atoms with Crippen molar-refractivity contribution in [1.29, 1.82) is 0 Å². The molecular weight excluding hydrogens is 376 g/mol. The lowest BCUT2D eigenvalue weighted by Crippen LogP contribution is -2.30. The number of nitrogens with zero attached hydrogens (tertiary/aromatic N) is 1. The lowest BCUT2D eigenvalue weighted by atomic mass is 9.93. The van der Waals surface area contributed by atoms with E-state index in [0.717, 1.165) is 11.1 Å². The maximum Gasteiger partial charge on any atom is 0.230 e. The van der Waals surface area contributed by atoms with Crippen LogP contribution in [0.15, 0.2) is 60.7 Å². The number of nitrogens with one attached hydrogen (secondary N) is 1. The largest absolute Gasteiger partial charge is 0.489 e. The van der Waals surface area contributed by atoms with Crippen LogP contribution >= 0.6 is 11.6 Å². The zero-order valence-electron chi connectivity index (χ0n) is 15.9. The van der Waals surface area contributed by atoms with E-state index >= 15 is 0 Å². The van der Waals surface area contributed by atoms with E-state index in [1.807, 2.05) is 31.2 Å². The van der Waals surface area contributed by atoms with Crippen LogP contribution in [0.3, 0.4) is 0 Å². The summed E-state index contributed by atoms with van der Waals surface area (Å²) in [5, 5.41) is 3.49. The Morgan fingerprint density at radius 3 is 2.75 bits per heavy atom. The van der Waals surface area contributed by atoms with Crippen LogP contribution in [0.2, 0.25) is 5.02 Å². The van der Waals surface area contributed by atoms with Gasteiger partial charge in [-0.1, -0.05) is 36.4 Å². The van der Waals surface area contributed by atoms with E-state index in [1.54, 1.807) is 36.2 Å². The number of carbonyl (C=O) groups excluding carboxylic acids is 2. The quantitative estimate of drug-likeness (QED) is 0.731. The molecule has 0 radical (unpaired) electrons. The molecule has 146 valence electrons. The molecule has 5 nitrogen and oxygen atoms in total. The van der Waals surface area contributed by atoms with Crippen molar-refractivity contribution in [3.63, 3.8) is 0 Å². The van der Waals surface area contributed by atoms with E-state index in [-0.39, 0.29) is 24.3 Å². The lowest BCUT2D eigenvalue weighted by Gasteiger charge is -2.25. The van der Waals surface area contributed by atoms with Gasteiger partial charge in [-0.25, -0.2) is 0 Å². The van der Waals surface area contributed by atoms with Crippen molar-refractivity contribution in [2.24, 2.45) is 5.92 Å². The summed E-state index contributed by atoms with van der Waals surface area (Å²) >= 11 is 6.11. The van der Waals surface area contributed by atoms with Crippen molar-refractivity contribution in [3.05, 3.63) is 71.3 Å². The van der Waals surface area contributed by atoms with Gasteiger partial charge in [0.2, 0.25) is 11.8 Å². The minimum Gasteiger partial charge on any atom is -0.489 e. The number of carbonyl (C=O) groups is 2. The molecule has 1 aliphatic heterocycles. The third kappa shape index (κ3) is 4.54. The van der Waals surface area contributed by atoms with Gasteiger partial charge in [-0.3, -0.25) is 9.59 Å². The van der Waals surface area contributed by atoms with Crippen LogP contribution in [0, 0.1) is 5.92 Å². The number of rotatable bonds is 6. The molecule has 2 unspecified atom stereocenters. The summed E-state index contributed by atoms with van der Waals surface area (Å²) in [5.41, 5.74) is 2.38. The molecule has 28 heavy (non-hydrogen) atoms. The molecule has 0 bridgehead atoms. The Hall–Kier alpha value is -2.79. The Balaban J connectivity index is 1.78. The van der Waals surface area contributed by atoms with Gasteiger partial charge in [-0.15, -0.1) is 0 Å². The molecule has 2 amide bonds. The molecule has 1 fully saturated rings. The van der Waals surface area contributed by atoms with Crippen molar-refractivity contribution < 1.29 is 14.3 Å². The van der Waals surface area contributed by atoms with Gasteiger partial charge in [0, 0.05) is 30.2 Å². The predicted molar refractivity (Wildman–Crippen MR) is 110 cm³/mol. The standard InChI is InChI=1S/C22H23ClN2O3/c1-14(2)13-28-18-9-5-8-17(11-18)24-22(27)19-12-20(26)25(3)21(19)15-6-4-7-16(23)10-15/h4-11,19,21H,1,12-13H2,2-3H3,(H,24,27). The fourth-order valence-electron chi connectivity index (χ4n) is 3.36. The molecule has 0 spiro atoms. The summed E-state index contributed by atoms with van der Waals surface area (Å²) in [7, 11) is 1.72. The molecule has 2 atom stereocenters. The smallest absolute Gasteiger partial charge is 0.230 e. The van der Waals surface area contributed by atoms with E-state index in [4.69, 9.17) is 16.3 Å². The molecule has 1 aliphatic rings. The SMILES string of the molecule is C=C(C)COc1cccc(NC(=O)C2CC(=O)N(C)C2c2cccc(Cl)c2)c1. The van der Waals surface area contributed by atoms with Crippen LogP contribution < -0.4 is 10.1 Å². The van der Waals surface area contributed by atoms with E-state index in [2.05, 4.69) is 11.9 Å². The summed E-state index contributed by atoms with van der Waals surface area (Å²) in [4.78, 5) is 26.9. The topological polar surface area (TPSA) is 58.6 Å². The first kappa shape index (κ1) is 20.0. The third-order valence-electron chi connectivity index (χ3n) is 4.70. The molecule has 6 heteroatoms. The second-order valence-corrected chi connectivity index (χ2v) is 7.51. The number of amides is 2. The Kier molecular flexibility index (Phi) is 6.05. The van der Waals surface area contributed by atoms with E-state index in [9.17, 15) is 9.59 Å². The summed E-state index contributed by atoms with van der Waals surface area (Å²) < 4.78 is 5.63. The van der Waals surface area contributed by atoms with Crippen LogP contribution in [0.25, 0.3) is 0 Å². The third-order valence-corrected chi connectivity index (χ3v) is 4.94. The van der Waals surface area contributed by atoms with Crippen molar-refractivity contribution in [1.82, 2.24) is 4.90 Å². The van der Waals surface area contributed by atoms with Crippen molar-refractivity contribution in [2.75, 3.05) is 19.0 Å². The number of hydrogen-bond acceptors (Lipinski definition) is 3. The van der Waals surface area contributed by atoms with Crippen molar-refractivity contribution in [3.8, 4) is 5.75 Å². The summed E-state index contributed by atoms with van der Waals surface area (Å²) in [6.07, 6.45) is 0.158. The Labute approximate surface area is 169 Å². The van der Waals surface area contributed by atoms with Gasteiger partial charge in [0.05, 0.1) is 12.0 Å². The van der Waals surface area contributed by atoms with Crippen LogP contribution in [0.1, 0.15) is 24.9 Å². The highest BCUT2D eigenvalue weighted by Gasteiger charge is 2.42. The summed E-state index contributed by atoms with van der Waals surface area (Å²) in [6.45, 7) is 6.11. The number of hydrogen-bond donors (Lipinski definition) is 1. The number of halogens is 1. The number of anilines is 1. The molecule has 0 aromatic heterocycles. The molecule has 2 aromatic rings. The Morgan fingerprint density at radius 1 is 1.29 bits per heavy atom. The number of ether oxygens (including phenoxy) is 1. The molecule has 1 heterocycles. The summed E-state index contributed by atoms with van der Waals surface area (Å²) in [5.74, 6) is -0.133. The molecule has 0 aliphatic carbocycles. The first-order valence-electron chi connectivity index (χ1n) is 9.04. The van der Waals surface area contributed by atoms with Gasteiger partial charge < -0.3 is 15.0 Å². The maximum atomic E-state index is 13.0. The average Bonchev–Trinajstić information content (AvgIpc) is 2.95. The van der Waals surface area contributed by atoms with Gasteiger partial charge >= 0.3 is 0 Å².